The molecule has 1 aliphatic rings. The minimum atomic E-state index is -3.40. The van der Waals surface area contributed by atoms with Crippen molar-refractivity contribution in [2.75, 3.05) is 13.1 Å². The third-order valence-corrected chi connectivity index (χ3v) is 7.25. The molecule has 0 bridgehead atoms. The van der Waals surface area contributed by atoms with Crippen LogP contribution in [0.4, 0.5) is 4.39 Å². The summed E-state index contributed by atoms with van der Waals surface area (Å²) in [6.45, 7) is 1.19. The molecular formula is C19H17FN2O2S2. The van der Waals surface area contributed by atoms with Crippen LogP contribution in [-0.2, 0) is 10.0 Å². The largest absolute Gasteiger partial charge is 0.243 e. The first-order chi connectivity index (χ1) is 12.5. The SMILES string of the molecule is O=S(=O)(c1ccc(-c2csc(-c3ccc(F)cc3)n2)cc1)N1CCCC1. The highest BCUT2D eigenvalue weighted by Crippen LogP contribution is 2.30. The van der Waals surface area contributed by atoms with Crippen LogP contribution in [0.15, 0.2) is 58.8 Å². The van der Waals surface area contributed by atoms with Crippen LogP contribution in [0.5, 0.6) is 0 Å². The maximum atomic E-state index is 13.0. The molecule has 1 fully saturated rings. The standard InChI is InChI=1S/C19H17FN2O2S2/c20-16-7-3-15(4-8-16)19-21-18(13-25-19)14-5-9-17(10-6-14)26(23,24)22-11-1-2-12-22/h3-10,13H,1-2,11-12H2. The van der Waals surface area contributed by atoms with E-state index in [0.29, 0.717) is 18.0 Å². The monoisotopic (exact) mass is 388 g/mol. The van der Waals surface area contributed by atoms with E-state index in [2.05, 4.69) is 4.98 Å². The smallest absolute Gasteiger partial charge is 0.236 e. The molecule has 2 heterocycles. The van der Waals surface area contributed by atoms with Gasteiger partial charge in [-0.3, -0.25) is 0 Å². The lowest BCUT2D eigenvalue weighted by molar-refractivity contribution is 0.477. The molecule has 0 saturated carbocycles. The van der Waals surface area contributed by atoms with Crippen molar-refractivity contribution >= 4 is 21.4 Å². The minimum Gasteiger partial charge on any atom is -0.236 e. The van der Waals surface area contributed by atoms with Gasteiger partial charge < -0.3 is 0 Å². The van der Waals surface area contributed by atoms with Crippen molar-refractivity contribution in [3.8, 4) is 21.8 Å². The van der Waals surface area contributed by atoms with E-state index in [1.165, 1.54) is 27.8 Å². The normalized spacial score (nSPS) is 15.4. The Balaban J connectivity index is 1.58. The number of sulfonamides is 1. The Morgan fingerprint density at radius 3 is 2.19 bits per heavy atom. The summed E-state index contributed by atoms with van der Waals surface area (Å²) in [6, 6.07) is 13.1. The van der Waals surface area contributed by atoms with Gasteiger partial charge in [0, 0.05) is 29.6 Å². The van der Waals surface area contributed by atoms with Crippen molar-refractivity contribution in [3.05, 3.63) is 59.7 Å². The molecule has 26 heavy (non-hydrogen) atoms. The predicted octanol–water partition coefficient (Wildman–Crippen LogP) is 4.40. The maximum absolute atomic E-state index is 13.0. The molecule has 4 nitrogen and oxygen atoms in total. The fourth-order valence-electron chi connectivity index (χ4n) is 3.01. The van der Waals surface area contributed by atoms with Crippen LogP contribution in [0.2, 0.25) is 0 Å². The zero-order chi connectivity index (χ0) is 18.1. The quantitative estimate of drug-likeness (QED) is 0.666. The van der Waals surface area contributed by atoms with Crippen molar-refractivity contribution in [1.29, 1.82) is 0 Å². The first-order valence-corrected chi connectivity index (χ1v) is 10.7. The molecule has 7 heteroatoms. The van der Waals surface area contributed by atoms with Crippen LogP contribution in [-0.4, -0.2) is 30.8 Å². The molecule has 0 unspecified atom stereocenters. The van der Waals surface area contributed by atoms with E-state index in [1.807, 2.05) is 5.38 Å². The highest BCUT2D eigenvalue weighted by Gasteiger charge is 2.27. The fraction of sp³-hybridized carbons (Fsp3) is 0.211. The Morgan fingerprint density at radius 1 is 0.923 bits per heavy atom. The van der Waals surface area contributed by atoms with Crippen LogP contribution < -0.4 is 0 Å². The van der Waals surface area contributed by atoms with Crippen molar-refractivity contribution < 1.29 is 12.8 Å². The molecule has 3 aromatic rings. The summed E-state index contributed by atoms with van der Waals surface area (Å²) in [5.41, 5.74) is 2.49. The first kappa shape index (κ1) is 17.3. The first-order valence-electron chi connectivity index (χ1n) is 8.36. The van der Waals surface area contributed by atoms with Gasteiger partial charge in [-0.25, -0.2) is 17.8 Å². The number of hydrogen-bond donors (Lipinski definition) is 0. The molecule has 1 saturated heterocycles. The Hall–Kier alpha value is -2.09. The molecule has 4 rings (SSSR count). The second-order valence-electron chi connectivity index (χ2n) is 6.18. The number of halogens is 1. The maximum Gasteiger partial charge on any atom is 0.243 e. The van der Waals surface area contributed by atoms with Crippen molar-refractivity contribution in [3.63, 3.8) is 0 Å². The summed E-state index contributed by atoms with van der Waals surface area (Å²) in [6.07, 6.45) is 1.84. The van der Waals surface area contributed by atoms with Crippen LogP contribution in [0.25, 0.3) is 21.8 Å². The van der Waals surface area contributed by atoms with Gasteiger partial charge in [0.15, 0.2) is 0 Å². The van der Waals surface area contributed by atoms with Crippen molar-refractivity contribution in [1.82, 2.24) is 9.29 Å². The second-order valence-corrected chi connectivity index (χ2v) is 8.98. The molecule has 2 aromatic carbocycles. The van der Waals surface area contributed by atoms with Gasteiger partial charge in [0.05, 0.1) is 10.6 Å². The number of aromatic nitrogens is 1. The number of nitrogens with zero attached hydrogens (tertiary/aromatic N) is 2. The molecule has 0 radical (unpaired) electrons. The average molecular weight is 388 g/mol. The van der Waals surface area contributed by atoms with Gasteiger partial charge >= 0.3 is 0 Å². The molecule has 1 aliphatic heterocycles. The van der Waals surface area contributed by atoms with E-state index in [4.69, 9.17) is 0 Å². The number of benzene rings is 2. The molecule has 134 valence electrons. The van der Waals surface area contributed by atoms with Gasteiger partial charge in [-0.2, -0.15) is 4.31 Å². The average Bonchev–Trinajstić information content (AvgIpc) is 3.35. The zero-order valence-electron chi connectivity index (χ0n) is 13.9. The minimum absolute atomic E-state index is 0.277. The summed E-state index contributed by atoms with van der Waals surface area (Å²) < 4.78 is 39.7. The van der Waals surface area contributed by atoms with Gasteiger partial charge in [-0.05, 0) is 49.2 Å². The lowest BCUT2D eigenvalue weighted by Crippen LogP contribution is -2.27. The van der Waals surface area contributed by atoms with Crippen LogP contribution in [0.3, 0.4) is 0 Å². The number of rotatable bonds is 4. The molecule has 0 spiro atoms. The molecular weight excluding hydrogens is 371 g/mol. The summed E-state index contributed by atoms with van der Waals surface area (Å²) in [7, 11) is -3.40. The lowest BCUT2D eigenvalue weighted by atomic mass is 10.2. The molecule has 0 aliphatic carbocycles. The van der Waals surface area contributed by atoms with Gasteiger partial charge in [-0.1, -0.05) is 12.1 Å². The van der Waals surface area contributed by atoms with Gasteiger partial charge in [-0.15, -0.1) is 11.3 Å². The summed E-state index contributed by atoms with van der Waals surface area (Å²) in [5.74, 6) is -0.277. The predicted molar refractivity (Wildman–Crippen MR) is 101 cm³/mol. The van der Waals surface area contributed by atoms with E-state index in [9.17, 15) is 12.8 Å². The van der Waals surface area contributed by atoms with Crippen LogP contribution >= 0.6 is 11.3 Å². The van der Waals surface area contributed by atoms with E-state index < -0.39 is 10.0 Å². The molecule has 1 aromatic heterocycles. The third-order valence-electron chi connectivity index (χ3n) is 4.45. The van der Waals surface area contributed by atoms with Crippen LogP contribution in [0.1, 0.15) is 12.8 Å². The number of thiazole rings is 1. The Morgan fingerprint density at radius 2 is 1.54 bits per heavy atom. The zero-order valence-corrected chi connectivity index (χ0v) is 15.6. The van der Waals surface area contributed by atoms with Crippen molar-refractivity contribution in [2.45, 2.75) is 17.7 Å². The molecule has 0 N–H and O–H groups in total. The third kappa shape index (κ3) is 3.30. The highest BCUT2D eigenvalue weighted by atomic mass is 32.2. The lowest BCUT2D eigenvalue weighted by Gasteiger charge is -2.15. The van der Waals surface area contributed by atoms with E-state index in [-0.39, 0.29) is 5.82 Å². The van der Waals surface area contributed by atoms with Gasteiger partial charge in [0.1, 0.15) is 10.8 Å². The summed E-state index contributed by atoms with van der Waals surface area (Å²) >= 11 is 1.47. The van der Waals surface area contributed by atoms with Gasteiger partial charge in [0.2, 0.25) is 10.0 Å². The van der Waals surface area contributed by atoms with E-state index >= 15 is 0 Å². The Bertz CT molecular complexity index is 1010. The fourth-order valence-corrected chi connectivity index (χ4v) is 5.36. The second kappa shape index (κ2) is 6.90. The van der Waals surface area contributed by atoms with E-state index in [1.54, 1.807) is 36.4 Å². The Kier molecular flexibility index (Phi) is 4.60. The van der Waals surface area contributed by atoms with Crippen molar-refractivity contribution in [2.24, 2.45) is 0 Å². The van der Waals surface area contributed by atoms with E-state index in [0.717, 1.165) is 34.7 Å². The Labute approximate surface area is 156 Å². The molecule has 0 atom stereocenters. The summed E-state index contributed by atoms with van der Waals surface area (Å²) in [4.78, 5) is 4.90. The molecule has 0 amide bonds. The topological polar surface area (TPSA) is 50.3 Å². The highest BCUT2D eigenvalue weighted by molar-refractivity contribution is 7.89. The van der Waals surface area contributed by atoms with Crippen LogP contribution in [0, 0.1) is 5.82 Å². The summed E-state index contributed by atoms with van der Waals surface area (Å²) in [5, 5.41) is 2.72. The number of hydrogen-bond acceptors (Lipinski definition) is 4. The van der Waals surface area contributed by atoms with Gasteiger partial charge in [0.25, 0.3) is 0 Å².